The van der Waals surface area contributed by atoms with Crippen molar-refractivity contribution >= 4 is 33.2 Å². The quantitative estimate of drug-likeness (QED) is 0.425. The van der Waals surface area contributed by atoms with Crippen LogP contribution in [-0.4, -0.2) is 22.1 Å². The molecule has 4 aromatic rings. The number of nitrogens with zero attached hydrogens (tertiary/aromatic N) is 2. The molecule has 4 nitrogen and oxygen atoms in total. The lowest BCUT2D eigenvalue weighted by atomic mass is 10.1. The molecule has 0 spiro atoms. The zero-order valence-electron chi connectivity index (χ0n) is 17.9. The highest BCUT2D eigenvalue weighted by Crippen LogP contribution is 2.23. The molecule has 4 rings (SSSR count). The van der Waals surface area contributed by atoms with Crippen LogP contribution in [0.1, 0.15) is 33.4 Å². The van der Waals surface area contributed by atoms with Crippen LogP contribution in [0, 0.1) is 6.92 Å². The number of aryl methyl sites for hydroxylation is 1. The van der Waals surface area contributed by atoms with Gasteiger partial charge >= 0.3 is 0 Å². The van der Waals surface area contributed by atoms with E-state index in [4.69, 9.17) is 0 Å². The Bertz CT molecular complexity index is 1080. The topological polar surface area (TPSA) is 49.8 Å². The van der Waals surface area contributed by atoms with Gasteiger partial charge in [0.15, 0.2) is 0 Å². The molecule has 2 aromatic carbocycles. The number of anilines is 2. The summed E-state index contributed by atoms with van der Waals surface area (Å²) >= 11 is 0. The molecule has 0 radical (unpaired) electrons. The highest BCUT2D eigenvalue weighted by molar-refractivity contribution is 5.92. The van der Waals surface area contributed by atoms with E-state index < -0.39 is 0 Å². The van der Waals surface area contributed by atoms with Crippen molar-refractivity contribution in [2.24, 2.45) is 0 Å². The third-order valence-electron chi connectivity index (χ3n) is 4.41. The second kappa shape index (κ2) is 9.37. The molecule has 0 unspecified atom stereocenters. The minimum atomic E-state index is 0.442. The lowest BCUT2D eigenvalue weighted by molar-refractivity contribution is 0.901. The summed E-state index contributed by atoms with van der Waals surface area (Å²) in [7, 11) is 0. The molecule has 0 aliphatic carbocycles. The molecule has 150 valence electrons. The second-order valence-corrected chi connectivity index (χ2v) is 7.80. The van der Waals surface area contributed by atoms with Crippen LogP contribution in [0.4, 0.5) is 11.4 Å². The van der Waals surface area contributed by atoms with Gasteiger partial charge in [-0.25, -0.2) is 0 Å². The van der Waals surface area contributed by atoms with Gasteiger partial charge in [-0.1, -0.05) is 12.1 Å². The highest BCUT2D eigenvalue weighted by Gasteiger charge is 2.03. The lowest BCUT2D eigenvalue weighted by Gasteiger charge is -2.12. The normalized spacial score (nSPS) is 10.9. The molecule has 0 fully saturated rings. The Hall–Kier alpha value is -3.14. The molecule has 29 heavy (non-hydrogen) atoms. The van der Waals surface area contributed by atoms with Gasteiger partial charge in [-0.3, -0.25) is 9.97 Å². The van der Waals surface area contributed by atoms with E-state index in [-0.39, 0.29) is 0 Å². The molecule has 2 N–H and O–H groups in total. The number of fused-ring (bicyclic) bond motifs is 2. The van der Waals surface area contributed by atoms with Crippen LogP contribution in [0.25, 0.3) is 21.8 Å². The number of hydrogen-bond donors (Lipinski definition) is 2. The third-order valence-corrected chi connectivity index (χ3v) is 4.41. The number of benzene rings is 2. The van der Waals surface area contributed by atoms with E-state index in [0.29, 0.717) is 12.1 Å². The molecule has 0 saturated carbocycles. The molecular formula is C25H30N4. The number of rotatable bonds is 4. The Kier molecular flexibility index (Phi) is 6.65. The van der Waals surface area contributed by atoms with Gasteiger partial charge in [0.2, 0.25) is 0 Å². The molecule has 0 aliphatic rings. The van der Waals surface area contributed by atoms with Crippen LogP contribution in [0.2, 0.25) is 0 Å². The van der Waals surface area contributed by atoms with E-state index in [1.165, 1.54) is 10.8 Å². The van der Waals surface area contributed by atoms with Crippen LogP contribution >= 0.6 is 0 Å². The smallest absolute Gasteiger partial charge is 0.0725 e. The Labute approximate surface area is 173 Å². The van der Waals surface area contributed by atoms with Gasteiger partial charge in [0, 0.05) is 46.1 Å². The highest BCUT2D eigenvalue weighted by atomic mass is 14.9. The van der Waals surface area contributed by atoms with Crippen molar-refractivity contribution in [3.8, 4) is 0 Å². The van der Waals surface area contributed by atoms with E-state index >= 15 is 0 Å². The molecule has 0 atom stereocenters. The van der Waals surface area contributed by atoms with Gasteiger partial charge in [-0.15, -0.1) is 0 Å². The van der Waals surface area contributed by atoms with Gasteiger partial charge in [0.05, 0.1) is 11.0 Å². The summed E-state index contributed by atoms with van der Waals surface area (Å²) in [6.45, 7) is 10.6. The third kappa shape index (κ3) is 5.44. The van der Waals surface area contributed by atoms with Gasteiger partial charge in [-0.05, 0) is 83.1 Å². The van der Waals surface area contributed by atoms with Crippen molar-refractivity contribution in [2.75, 3.05) is 10.6 Å². The van der Waals surface area contributed by atoms with Crippen molar-refractivity contribution < 1.29 is 0 Å². The molecule has 2 heterocycles. The van der Waals surface area contributed by atoms with Gasteiger partial charge < -0.3 is 10.6 Å². The zero-order chi connectivity index (χ0) is 20.8. The predicted octanol–water partition coefficient (Wildman–Crippen LogP) is 6.42. The second-order valence-electron chi connectivity index (χ2n) is 7.80. The molecule has 0 aliphatic heterocycles. The Morgan fingerprint density at radius 1 is 0.655 bits per heavy atom. The maximum Gasteiger partial charge on any atom is 0.0725 e. The summed E-state index contributed by atoms with van der Waals surface area (Å²) in [6, 6.07) is 21.5. The maximum absolute atomic E-state index is 4.50. The number of hydrogen-bond acceptors (Lipinski definition) is 4. The summed E-state index contributed by atoms with van der Waals surface area (Å²) in [5.74, 6) is 0. The van der Waals surface area contributed by atoms with Gasteiger partial charge in [-0.2, -0.15) is 0 Å². The van der Waals surface area contributed by atoms with Crippen LogP contribution in [0.15, 0.2) is 66.9 Å². The fraction of sp³-hybridized carbons (Fsp3) is 0.280. The number of nitrogens with one attached hydrogen (secondary N) is 2. The molecule has 0 bridgehead atoms. The van der Waals surface area contributed by atoms with Crippen LogP contribution in [0.3, 0.4) is 0 Å². The minimum Gasteiger partial charge on any atom is -0.382 e. The Morgan fingerprint density at radius 3 is 1.86 bits per heavy atom. The van der Waals surface area contributed by atoms with Crippen molar-refractivity contribution in [1.29, 1.82) is 0 Å². The lowest BCUT2D eigenvalue weighted by Crippen LogP contribution is -2.09. The van der Waals surface area contributed by atoms with Crippen LogP contribution in [0.5, 0.6) is 0 Å². The summed E-state index contributed by atoms with van der Waals surface area (Å²) in [4.78, 5) is 8.81. The van der Waals surface area contributed by atoms with Crippen LogP contribution in [-0.2, 0) is 0 Å². The summed E-state index contributed by atoms with van der Waals surface area (Å²) < 4.78 is 0. The standard InChI is InChI=1S/C13H16N2.C12H14N2/c1-9(2)14-12-5-4-6-13-11(12)8-7-10(3)15-13;1-9(2)14-12-7-3-6-11-10(12)5-4-8-13-11/h4-9,14H,1-3H3;3-9,14H,1-2H3. The van der Waals surface area contributed by atoms with Crippen molar-refractivity contribution in [3.63, 3.8) is 0 Å². The van der Waals surface area contributed by atoms with Crippen molar-refractivity contribution in [2.45, 2.75) is 46.7 Å². The van der Waals surface area contributed by atoms with Crippen LogP contribution < -0.4 is 10.6 Å². The first-order valence-electron chi connectivity index (χ1n) is 10.2. The fourth-order valence-electron chi connectivity index (χ4n) is 3.23. The zero-order valence-corrected chi connectivity index (χ0v) is 17.9. The van der Waals surface area contributed by atoms with E-state index in [1.54, 1.807) is 0 Å². The van der Waals surface area contributed by atoms with Gasteiger partial charge in [0.1, 0.15) is 0 Å². The first-order chi connectivity index (χ1) is 13.9. The Balaban J connectivity index is 0.000000166. The maximum atomic E-state index is 4.50. The first kappa shape index (κ1) is 20.6. The van der Waals surface area contributed by atoms with E-state index in [1.807, 2.05) is 49.5 Å². The molecule has 0 saturated heterocycles. The van der Waals surface area contributed by atoms with E-state index in [0.717, 1.165) is 28.1 Å². The van der Waals surface area contributed by atoms with E-state index in [2.05, 4.69) is 72.6 Å². The largest absolute Gasteiger partial charge is 0.382 e. The summed E-state index contributed by atoms with van der Waals surface area (Å²) in [5.41, 5.74) is 5.48. The predicted molar refractivity (Wildman–Crippen MR) is 126 cm³/mol. The average molecular weight is 387 g/mol. The fourth-order valence-corrected chi connectivity index (χ4v) is 3.23. The summed E-state index contributed by atoms with van der Waals surface area (Å²) in [6.07, 6.45) is 1.82. The number of pyridine rings is 2. The minimum absolute atomic E-state index is 0.442. The Morgan fingerprint density at radius 2 is 1.24 bits per heavy atom. The average Bonchev–Trinajstić information content (AvgIpc) is 2.68. The summed E-state index contributed by atoms with van der Waals surface area (Å²) in [5, 5.41) is 9.21. The molecule has 4 heteroatoms. The molecular weight excluding hydrogens is 356 g/mol. The molecule has 2 aromatic heterocycles. The van der Waals surface area contributed by atoms with Crippen molar-refractivity contribution in [3.05, 3.63) is 72.6 Å². The molecule has 0 amide bonds. The number of aromatic nitrogens is 2. The van der Waals surface area contributed by atoms with E-state index in [9.17, 15) is 0 Å². The van der Waals surface area contributed by atoms with Crippen molar-refractivity contribution in [1.82, 2.24) is 9.97 Å². The first-order valence-corrected chi connectivity index (χ1v) is 10.2. The SMILES string of the molecule is CC(C)Nc1cccc2ncccc12.Cc1ccc2c(NC(C)C)cccc2n1. The monoisotopic (exact) mass is 386 g/mol. The van der Waals surface area contributed by atoms with Gasteiger partial charge in [0.25, 0.3) is 0 Å².